The topological polar surface area (TPSA) is 95.2 Å². The predicted octanol–water partition coefficient (Wildman–Crippen LogP) is 2.83. The van der Waals surface area contributed by atoms with Crippen LogP contribution in [0.5, 0.6) is 5.75 Å². The van der Waals surface area contributed by atoms with E-state index in [0.717, 1.165) is 5.75 Å². The highest BCUT2D eigenvalue weighted by Crippen LogP contribution is 2.21. The smallest absolute Gasteiger partial charge is 0.228 e. The fraction of sp³-hybridized carbons (Fsp3) is 0.500. The summed E-state index contributed by atoms with van der Waals surface area (Å²) in [5, 5.41) is 3.20. The van der Waals surface area contributed by atoms with Crippen molar-refractivity contribution in [3.8, 4) is 5.75 Å². The molecule has 25 heavy (non-hydrogen) atoms. The normalized spacial score (nSPS) is 12.7. The number of benzene rings is 1. The van der Waals surface area contributed by atoms with Crippen LogP contribution in [0.4, 0.5) is 11.9 Å². The molecule has 0 saturated heterocycles. The van der Waals surface area contributed by atoms with Gasteiger partial charge in [-0.25, -0.2) is 0 Å². The highest BCUT2D eigenvalue weighted by molar-refractivity contribution is 5.34. The van der Waals surface area contributed by atoms with Crippen LogP contribution in [0.15, 0.2) is 18.2 Å². The third kappa shape index (κ3) is 5.29. The molecule has 136 valence electrons. The first-order chi connectivity index (χ1) is 11.7. The van der Waals surface area contributed by atoms with Crippen LogP contribution in [0, 0.1) is 13.8 Å². The Morgan fingerprint density at radius 2 is 1.76 bits per heavy atom. The van der Waals surface area contributed by atoms with E-state index >= 15 is 0 Å². The molecule has 3 N–H and O–H groups in total. The fourth-order valence-electron chi connectivity index (χ4n) is 2.32. The molecule has 1 atom stereocenters. The summed E-state index contributed by atoms with van der Waals surface area (Å²) in [5.41, 5.74) is 7.50. The Hall–Kier alpha value is -2.41. The summed E-state index contributed by atoms with van der Waals surface area (Å²) in [5.74, 6) is 1.89. The highest BCUT2D eigenvalue weighted by Gasteiger charge is 2.25. The Morgan fingerprint density at radius 3 is 2.36 bits per heavy atom. The third-order valence-electron chi connectivity index (χ3n) is 3.77. The average molecular weight is 345 g/mol. The van der Waals surface area contributed by atoms with E-state index in [9.17, 15) is 0 Å². The second-order valence-corrected chi connectivity index (χ2v) is 6.74. The number of nitrogens with one attached hydrogen (secondary N) is 1. The van der Waals surface area contributed by atoms with Gasteiger partial charge in [-0.3, -0.25) is 0 Å². The zero-order valence-electron chi connectivity index (χ0n) is 15.8. The van der Waals surface area contributed by atoms with E-state index in [2.05, 4.69) is 26.3 Å². The van der Waals surface area contributed by atoms with Crippen LogP contribution in [-0.4, -0.2) is 34.7 Å². The third-order valence-corrected chi connectivity index (χ3v) is 3.77. The summed E-state index contributed by atoms with van der Waals surface area (Å²) in [4.78, 5) is 12.7. The maximum atomic E-state index is 5.86. The fourth-order valence-corrected chi connectivity index (χ4v) is 2.32. The van der Waals surface area contributed by atoms with Gasteiger partial charge < -0.3 is 20.5 Å². The first-order valence-corrected chi connectivity index (χ1v) is 8.24. The number of rotatable bonds is 7. The Labute approximate surface area is 149 Å². The largest absolute Gasteiger partial charge is 0.491 e. The quantitative estimate of drug-likeness (QED) is 0.796. The van der Waals surface area contributed by atoms with Crippen LogP contribution in [0.3, 0.4) is 0 Å². The van der Waals surface area contributed by atoms with Gasteiger partial charge in [0.05, 0.1) is 6.04 Å². The minimum atomic E-state index is -0.647. The summed E-state index contributed by atoms with van der Waals surface area (Å²) in [6.45, 7) is 10.3. The molecule has 0 aliphatic rings. The van der Waals surface area contributed by atoms with Crippen molar-refractivity contribution in [2.45, 2.75) is 46.3 Å². The lowest BCUT2D eigenvalue weighted by Crippen LogP contribution is -2.28. The number of anilines is 2. The lowest BCUT2D eigenvalue weighted by atomic mass is 10.1. The second kappa shape index (κ2) is 7.65. The van der Waals surface area contributed by atoms with Gasteiger partial charge in [-0.15, -0.1) is 0 Å². The average Bonchev–Trinajstić information content (AvgIpc) is 2.51. The molecule has 1 aromatic heterocycles. The number of ether oxygens (including phenoxy) is 2. The van der Waals surface area contributed by atoms with Crippen molar-refractivity contribution in [3.63, 3.8) is 0 Å². The Morgan fingerprint density at radius 1 is 1.12 bits per heavy atom. The van der Waals surface area contributed by atoms with E-state index < -0.39 is 5.60 Å². The van der Waals surface area contributed by atoms with E-state index in [4.69, 9.17) is 15.2 Å². The monoisotopic (exact) mass is 345 g/mol. The first-order valence-electron chi connectivity index (χ1n) is 8.24. The highest BCUT2D eigenvalue weighted by atomic mass is 16.5. The summed E-state index contributed by atoms with van der Waals surface area (Å²) < 4.78 is 11.3. The Balaban J connectivity index is 2.04. The predicted molar refractivity (Wildman–Crippen MR) is 98.8 cm³/mol. The lowest BCUT2D eigenvalue weighted by molar-refractivity contribution is 0.0115. The molecule has 1 unspecified atom stereocenters. The molecule has 0 fully saturated rings. The number of hydrogen-bond acceptors (Lipinski definition) is 7. The molecular formula is C18H27N5O2. The van der Waals surface area contributed by atoms with Gasteiger partial charge in [0, 0.05) is 7.11 Å². The number of nitrogens with two attached hydrogens (primary N) is 1. The molecule has 0 amide bonds. The molecule has 1 aromatic carbocycles. The van der Waals surface area contributed by atoms with Gasteiger partial charge in [0.2, 0.25) is 11.9 Å². The maximum absolute atomic E-state index is 5.86. The van der Waals surface area contributed by atoms with E-state index in [1.54, 1.807) is 7.11 Å². The van der Waals surface area contributed by atoms with Crippen molar-refractivity contribution in [3.05, 3.63) is 35.2 Å². The van der Waals surface area contributed by atoms with Crippen LogP contribution in [0.2, 0.25) is 0 Å². The number of hydrogen-bond donors (Lipinski definition) is 2. The molecule has 0 radical (unpaired) electrons. The van der Waals surface area contributed by atoms with Crippen molar-refractivity contribution in [1.82, 2.24) is 15.0 Å². The van der Waals surface area contributed by atoms with E-state index in [1.165, 1.54) is 11.1 Å². The van der Waals surface area contributed by atoms with Gasteiger partial charge in [0.1, 0.15) is 18.0 Å². The molecule has 7 nitrogen and oxygen atoms in total. The van der Waals surface area contributed by atoms with Crippen LogP contribution in [-0.2, 0) is 10.3 Å². The van der Waals surface area contributed by atoms with Crippen LogP contribution in [0.1, 0.15) is 37.7 Å². The molecule has 0 saturated carbocycles. The molecule has 2 rings (SSSR count). The summed E-state index contributed by atoms with van der Waals surface area (Å²) in [6.07, 6.45) is 0. The first kappa shape index (κ1) is 18.9. The number of nitrogen functional groups attached to an aromatic ring is 1. The van der Waals surface area contributed by atoms with Gasteiger partial charge in [-0.05, 0) is 57.9 Å². The molecular weight excluding hydrogens is 318 g/mol. The minimum absolute atomic E-state index is 0.0128. The summed E-state index contributed by atoms with van der Waals surface area (Å²) in [7, 11) is 1.60. The summed E-state index contributed by atoms with van der Waals surface area (Å²) >= 11 is 0. The van der Waals surface area contributed by atoms with Gasteiger partial charge in [0.15, 0.2) is 5.82 Å². The molecule has 0 spiro atoms. The van der Waals surface area contributed by atoms with Crippen molar-refractivity contribution in [2.75, 3.05) is 24.8 Å². The van der Waals surface area contributed by atoms with Crippen LogP contribution < -0.4 is 15.8 Å². The van der Waals surface area contributed by atoms with E-state index in [1.807, 2.05) is 46.8 Å². The minimum Gasteiger partial charge on any atom is -0.491 e. The molecule has 7 heteroatoms. The van der Waals surface area contributed by atoms with E-state index in [-0.39, 0.29) is 12.0 Å². The van der Waals surface area contributed by atoms with Gasteiger partial charge in [0.25, 0.3) is 0 Å². The van der Waals surface area contributed by atoms with Crippen LogP contribution in [0.25, 0.3) is 0 Å². The number of methoxy groups -OCH3 is 1. The van der Waals surface area contributed by atoms with Gasteiger partial charge in [-0.2, -0.15) is 15.0 Å². The zero-order chi connectivity index (χ0) is 18.6. The molecule has 1 heterocycles. The van der Waals surface area contributed by atoms with Crippen LogP contribution >= 0.6 is 0 Å². The molecule has 0 bridgehead atoms. The zero-order valence-corrected chi connectivity index (χ0v) is 15.8. The SMILES string of the molecule is COC(C)(C)c1nc(N)nc(NC(C)COc2cc(C)cc(C)c2)n1. The number of aryl methyl sites for hydroxylation is 2. The second-order valence-electron chi connectivity index (χ2n) is 6.74. The molecule has 0 aliphatic carbocycles. The Kier molecular flexibility index (Phi) is 5.79. The lowest BCUT2D eigenvalue weighted by Gasteiger charge is -2.22. The van der Waals surface area contributed by atoms with Crippen molar-refractivity contribution in [2.24, 2.45) is 0 Å². The van der Waals surface area contributed by atoms with Gasteiger partial charge in [-0.1, -0.05) is 6.07 Å². The number of nitrogens with zero attached hydrogens (tertiary/aromatic N) is 3. The van der Waals surface area contributed by atoms with Gasteiger partial charge >= 0.3 is 0 Å². The summed E-state index contributed by atoms with van der Waals surface area (Å²) in [6, 6.07) is 6.13. The Bertz CT molecular complexity index is 713. The van der Waals surface area contributed by atoms with E-state index in [0.29, 0.717) is 18.4 Å². The maximum Gasteiger partial charge on any atom is 0.228 e. The number of aromatic nitrogens is 3. The molecule has 0 aliphatic heterocycles. The van der Waals surface area contributed by atoms with Crippen molar-refractivity contribution in [1.29, 1.82) is 0 Å². The van der Waals surface area contributed by atoms with Crippen molar-refractivity contribution >= 4 is 11.9 Å². The molecule has 2 aromatic rings. The standard InChI is InChI=1S/C18H27N5O2/c1-11-7-12(2)9-14(8-11)25-10-13(3)20-17-22-15(18(4,5)24-6)21-16(19)23-17/h7-9,13H,10H2,1-6H3,(H3,19,20,21,22,23). The van der Waals surface area contributed by atoms with Crippen molar-refractivity contribution < 1.29 is 9.47 Å².